The van der Waals surface area contributed by atoms with Gasteiger partial charge in [0.1, 0.15) is 22.9 Å². The average molecular weight is 742 g/mol. The number of likely N-dealkylation sites (tertiary alicyclic amines) is 1. The summed E-state index contributed by atoms with van der Waals surface area (Å²) in [6.45, 7) is 4.78. The summed E-state index contributed by atoms with van der Waals surface area (Å²) in [5.41, 5.74) is 2.57. The first-order chi connectivity index (χ1) is 25.1. The highest BCUT2D eigenvalue weighted by molar-refractivity contribution is 8.72. The fourth-order valence-corrected chi connectivity index (χ4v) is 9.39. The van der Waals surface area contributed by atoms with Gasteiger partial charge in [-0.1, -0.05) is 96.6 Å². The Morgan fingerprint density at radius 1 is 0.865 bits per heavy atom. The molecule has 52 heavy (non-hydrogen) atoms. The third kappa shape index (κ3) is 8.50. The van der Waals surface area contributed by atoms with Crippen LogP contribution in [-0.2, 0) is 32.7 Å². The number of aryl methyl sites for hydroxylation is 1. The molecule has 4 aromatic carbocycles. The standard InChI is InChI=1S/C39H39N3O8S2/c1-27-18-20-32(21-19-27)52(46,47)51-38-34(40-33(43)26-49-31-16-10-5-11-17-31)37(44)42(38)35(28(2)41-22-24-48-25-23-41)39(45)50-36(29-12-6-3-7-13-29)30-14-8-4-9-15-30/h3-21,34,36,38H,22-26H2,1-2H3,(H,40,43). The van der Waals surface area contributed by atoms with Gasteiger partial charge in [-0.3, -0.25) is 14.5 Å². The monoisotopic (exact) mass is 741 g/mol. The predicted octanol–water partition coefficient (Wildman–Crippen LogP) is 5.05. The number of rotatable bonds is 13. The molecule has 0 aliphatic carbocycles. The lowest BCUT2D eigenvalue weighted by Crippen LogP contribution is -2.70. The van der Waals surface area contributed by atoms with Crippen LogP contribution >= 0.6 is 10.8 Å². The Balaban J connectivity index is 1.36. The molecule has 11 nitrogen and oxygen atoms in total. The third-order valence-electron chi connectivity index (χ3n) is 8.70. The van der Waals surface area contributed by atoms with Crippen LogP contribution in [0.25, 0.3) is 0 Å². The van der Waals surface area contributed by atoms with Crippen molar-refractivity contribution in [3.63, 3.8) is 0 Å². The summed E-state index contributed by atoms with van der Waals surface area (Å²) in [6, 6.07) is 32.2. The highest BCUT2D eigenvalue weighted by Crippen LogP contribution is 2.41. The summed E-state index contributed by atoms with van der Waals surface area (Å²) in [5, 5.41) is 1.42. The van der Waals surface area contributed by atoms with Crippen molar-refractivity contribution in [3.8, 4) is 5.75 Å². The van der Waals surface area contributed by atoms with Gasteiger partial charge in [0.25, 0.3) is 11.8 Å². The lowest BCUT2D eigenvalue weighted by Gasteiger charge is -2.47. The number of benzene rings is 4. The van der Waals surface area contributed by atoms with Gasteiger partial charge in [-0.25, -0.2) is 13.2 Å². The number of carbonyl (C=O) groups is 3. The number of nitrogens with zero attached hydrogens (tertiary/aromatic N) is 2. The van der Waals surface area contributed by atoms with Crippen LogP contribution in [0.1, 0.15) is 29.7 Å². The molecular weight excluding hydrogens is 703 g/mol. The molecule has 0 radical (unpaired) electrons. The van der Waals surface area contributed by atoms with Gasteiger partial charge in [0.05, 0.1) is 18.1 Å². The Kier molecular flexibility index (Phi) is 11.6. The van der Waals surface area contributed by atoms with Crippen molar-refractivity contribution < 1.29 is 37.0 Å². The van der Waals surface area contributed by atoms with Gasteiger partial charge in [-0.2, -0.15) is 0 Å². The second-order valence-corrected chi connectivity index (χ2v) is 16.2. The lowest BCUT2D eigenvalue weighted by molar-refractivity contribution is -0.155. The van der Waals surface area contributed by atoms with Crippen molar-refractivity contribution >= 4 is 37.4 Å². The molecule has 2 aliphatic heterocycles. The van der Waals surface area contributed by atoms with E-state index in [0.717, 1.165) is 10.5 Å². The van der Waals surface area contributed by atoms with E-state index >= 15 is 0 Å². The summed E-state index contributed by atoms with van der Waals surface area (Å²) in [7, 11) is -3.62. The van der Waals surface area contributed by atoms with Gasteiger partial charge in [0, 0.05) is 29.6 Å². The number of nitrogens with one attached hydrogen (secondary N) is 1. The first-order valence-corrected chi connectivity index (χ1v) is 19.6. The van der Waals surface area contributed by atoms with Crippen LogP contribution in [0.15, 0.2) is 132 Å². The van der Waals surface area contributed by atoms with Gasteiger partial charge in [0.15, 0.2) is 12.7 Å². The SMILES string of the molecule is CC(=C(C(=O)OC(c1ccccc1)c1ccccc1)N1C(=O)C(NC(=O)COc2ccccc2)C1SS(=O)(=O)c1ccc(C)cc1)N1CCOCC1. The van der Waals surface area contributed by atoms with E-state index in [0.29, 0.717) is 59.7 Å². The molecule has 0 spiro atoms. The molecule has 0 aromatic heterocycles. The number of esters is 1. The zero-order chi connectivity index (χ0) is 36.7. The van der Waals surface area contributed by atoms with Gasteiger partial charge < -0.3 is 24.4 Å². The Morgan fingerprint density at radius 2 is 1.42 bits per heavy atom. The molecule has 2 fully saturated rings. The fourth-order valence-electron chi connectivity index (χ4n) is 5.92. The predicted molar refractivity (Wildman–Crippen MR) is 196 cm³/mol. The molecule has 2 saturated heterocycles. The van der Waals surface area contributed by atoms with Crippen molar-refractivity contribution in [2.45, 2.75) is 36.3 Å². The number of carbonyl (C=O) groups excluding carboxylic acids is 3. The van der Waals surface area contributed by atoms with E-state index in [-0.39, 0.29) is 10.6 Å². The van der Waals surface area contributed by atoms with E-state index in [1.807, 2.05) is 78.6 Å². The number of para-hydroxylation sites is 1. The van der Waals surface area contributed by atoms with Crippen LogP contribution in [0.3, 0.4) is 0 Å². The van der Waals surface area contributed by atoms with Crippen molar-refractivity contribution in [3.05, 3.63) is 143 Å². The summed E-state index contributed by atoms with van der Waals surface area (Å²) >= 11 is 0. The molecule has 2 unspecified atom stereocenters. The quantitative estimate of drug-likeness (QED) is 0.0861. The number of hydrogen-bond donors (Lipinski definition) is 1. The van der Waals surface area contributed by atoms with Gasteiger partial charge >= 0.3 is 5.97 Å². The maximum absolute atomic E-state index is 14.6. The van der Waals surface area contributed by atoms with Gasteiger partial charge in [-0.15, -0.1) is 0 Å². The summed E-state index contributed by atoms with van der Waals surface area (Å²) in [6.07, 6.45) is -0.841. The normalized spacial score (nSPS) is 17.9. The van der Waals surface area contributed by atoms with Crippen LogP contribution in [0, 0.1) is 6.92 Å². The maximum Gasteiger partial charge on any atom is 0.357 e. The van der Waals surface area contributed by atoms with Crippen molar-refractivity contribution in [2.75, 3.05) is 32.9 Å². The largest absolute Gasteiger partial charge is 0.484 e. The topological polar surface area (TPSA) is 132 Å². The highest BCUT2D eigenvalue weighted by atomic mass is 33.1. The molecule has 2 aliphatic rings. The molecule has 2 amide bonds. The molecule has 6 rings (SSSR count). The first-order valence-electron chi connectivity index (χ1n) is 16.8. The molecule has 1 N–H and O–H groups in total. The van der Waals surface area contributed by atoms with Crippen molar-refractivity contribution in [1.82, 2.24) is 15.1 Å². The summed E-state index contributed by atoms with van der Waals surface area (Å²) in [4.78, 5) is 45.0. The van der Waals surface area contributed by atoms with E-state index < -0.39 is 50.8 Å². The number of amides is 2. The first kappa shape index (κ1) is 36.7. The van der Waals surface area contributed by atoms with Crippen LogP contribution in [0.2, 0.25) is 0 Å². The molecule has 4 aromatic rings. The minimum Gasteiger partial charge on any atom is -0.484 e. The molecule has 2 atom stereocenters. The van der Waals surface area contributed by atoms with Crippen LogP contribution in [0.5, 0.6) is 5.75 Å². The van der Waals surface area contributed by atoms with Crippen LogP contribution in [-0.4, -0.2) is 80.3 Å². The van der Waals surface area contributed by atoms with E-state index in [4.69, 9.17) is 14.2 Å². The number of hydrogen-bond acceptors (Lipinski definition) is 10. The van der Waals surface area contributed by atoms with E-state index in [1.165, 1.54) is 12.1 Å². The molecule has 270 valence electrons. The third-order valence-corrected chi connectivity index (χ3v) is 12.4. The number of β-lactam (4-membered cyclic amide) rings is 1. The van der Waals surface area contributed by atoms with Crippen molar-refractivity contribution in [1.29, 1.82) is 0 Å². The summed E-state index contributed by atoms with van der Waals surface area (Å²) in [5.74, 6) is -1.68. The Morgan fingerprint density at radius 3 is 2.00 bits per heavy atom. The van der Waals surface area contributed by atoms with Crippen molar-refractivity contribution in [2.24, 2.45) is 0 Å². The van der Waals surface area contributed by atoms with E-state index in [9.17, 15) is 22.8 Å². The molecule has 0 bridgehead atoms. The molecule has 13 heteroatoms. The number of allylic oxidation sites excluding steroid dienone is 1. The number of morpholine rings is 1. The molecular formula is C39H39N3O8S2. The highest BCUT2D eigenvalue weighted by Gasteiger charge is 2.55. The zero-order valence-corrected chi connectivity index (χ0v) is 30.3. The van der Waals surface area contributed by atoms with E-state index in [2.05, 4.69) is 5.32 Å². The second kappa shape index (κ2) is 16.5. The lowest BCUT2D eigenvalue weighted by atomic mass is 10.0. The van der Waals surface area contributed by atoms with E-state index in [1.54, 1.807) is 43.3 Å². The maximum atomic E-state index is 14.6. The smallest absolute Gasteiger partial charge is 0.357 e. The van der Waals surface area contributed by atoms with Gasteiger partial charge in [0.2, 0.25) is 8.87 Å². The Hall–Kier alpha value is -5.11. The molecule has 0 saturated carbocycles. The number of ether oxygens (including phenoxy) is 3. The Bertz CT molecular complexity index is 1970. The summed E-state index contributed by atoms with van der Waals surface area (Å²) < 4.78 is 45.2. The second-order valence-electron chi connectivity index (χ2n) is 12.2. The molecule has 2 heterocycles. The average Bonchev–Trinajstić information content (AvgIpc) is 3.18. The Labute approximate surface area is 306 Å². The van der Waals surface area contributed by atoms with Crippen LogP contribution in [0.4, 0.5) is 0 Å². The zero-order valence-electron chi connectivity index (χ0n) is 28.7. The fraction of sp³-hybridized carbons (Fsp3) is 0.256. The minimum absolute atomic E-state index is 0.0195. The van der Waals surface area contributed by atoms with Gasteiger partial charge in [-0.05, 0) is 49.2 Å². The minimum atomic E-state index is -4.10. The van der Waals surface area contributed by atoms with Crippen LogP contribution < -0.4 is 10.1 Å².